The van der Waals surface area contributed by atoms with Crippen LogP contribution < -0.4 is 4.90 Å². The van der Waals surface area contributed by atoms with E-state index in [1.165, 1.54) is 0 Å². The number of carbonyl (C=O) groups is 3. The molecule has 0 saturated carbocycles. The Hall–Kier alpha value is -2.31. The zero-order valence-corrected chi connectivity index (χ0v) is 9.20. The summed E-state index contributed by atoms with van der Waals surface area (Å²) in [5, 5.41) is 0. The maximum atomic E-state index is 13.4. The molecular formula is C11H7F2NO4. The Bertz CT molecular complexity index is 570. The number of rotatable bonds is 2. The lowest BCUT2D eigenvalue weighted by Gasteiger charge is -2.14. The lowest BCUT2D eigenvalue weighted by Crippen LogP contribution is -2.35. The molecule has 5 nitrogen and oxygen atoms in total. The molecule has 94 valence electrons. The molecule has 0 N–H and O–H groups in total. The van der Waals surface area contributed by atoms with Crippen LogP contribution in [0.15, 0.2) is 12.1 Å². The molecule has 1 aliphatic rings. The van der Waals surface area contributed by atoms with E-state index in [0.29, 0.717) is 11.0 Å². The molecule has 18 heavy (non-hydrogen) atoms. The van der Waals surface area contributed by atoms with Crippen molar-refractivity contribution in [2.75, 3.05) is 18.6 Å². The molecule has 1 amide bonds. The van der Waals surface area contributed by atoms with Crippen LogP contribution in [0.5, 0.6) is 0 Å². The smallest absolute Gasteiger partial charge is 0.325 e. The Kier molecular flexibility index (Phi) is 2.82. The normalized spacial score (nSPS) is 13.8. The summed E-state index contributed by atoms with van der Waals surface area (Å²) in [5.41, 5.74) is -0.779. The third-order valence-electron chi connectivity index (χ3n) is 2.51. The highest BCUT2D eigenvalue weighted by molar-refractivity contribution is 6.52. The maximum Gasteiger partial charge on any atom is 0.325 e. The number of ether oxygens (including phenoxy) is 1. The summed E-state index contributed by atoms with van der Waals surface area (Å²) < 4.78 is 30.8. The van der Waals surface area contributed by atoms with Gasteiger partial charge in [0.25, 0.3) is 11.7 Å². The molecule has 1 aromatic carbocycles. The highest BCUT2D eigenvalue weighted by Gasteiger charge is 2.39. The zero-order valence-electron chi connectivity index (χ0n) is 9.20. The van der Waals surface area contributed by atoms with Gasteiger partial charge >= 0.3 is 5.97 Å². The minimum atomic E-state index is -1.13. The van der Waals surface area contributed by atoms with E-state index in [0.717, 1.165) is 13.2 Å². The van der Waals surface area contributed by atoms with Crippen LogP contribution in [0.3, 0.4) is 0 Å². The standard InChI is InChI=1S/C11H7F2NO4/c1-18-8(15)4-14-7-3-5(12)2-6(13)9(7)10(16)11(14)17/h2-3H,4H2,1H3. The monoisotopic (exact) mass is 255 g/mol. The number of hydrogen-bond donors (Lipinski definition) is 0. The number of amides is 1. The first kappa shape index (κ1) is 12.2. The molecule has 0 atom stereocenters. The van der Waals surface area contributed by atoms with E-state index in [2.05, 4.69) is 4.74 Å². The lowest BCUT2D eigenvalue weighted by atomic mass is 10.1. The van der Waals surface area contributed by atoms with Gasteiger partial charge in [-0.2, -0.15) is 0 Å². The van der Waals surface area contributed by atoms with Crippen LogP contribution in [0.4, 0.5) is 14.5 Å². The molecule has 7 heteroatoms. The summed E-state index contributed by atoms with van der Waals surface area (Å²) in [7, 11) is 1.10. The Morgan fingerprint density at radius 3 is 2.61 bits per heavy atom. The molecule has 2 rings (SSSR count). The third-order valence-corrected chi connectivity index (χ3v) is 2.51. The molecule has 0 bridgehead atoms. The molecule has 0 aliphatic carbocycles. The summed E-state index contributed by atoms with van der Waals surface area (Å²) in [6.45, 7) is -0.572. The van der Waals surface area contributed by atoms with Gasteiger partial charge in [0, 0.05) is 6.07 Å². The maximum absolute atomic E-state index is 13.4. The Balaban J connectivity index is 2.51. The summed E-state index contributed by atoms with van der Waals surface area (Å²) in [4.78, 5) is 34.8. The summed E-state index contributed by atoms with van der Waals surface area (Å²) in [5.74, 6) is -5.06. The van der Waals surface area contributed by atoms with Crippen LogP contribution >= 0.6 is 0 Å². The van der Waals surface area contributed by atoms with Gasteiger partial charge in [-0.25, -0.2) is 8.78 Å². The SMILES string of the molecule is COC(=O)CN1C(=O)C(=O)c2c(F)cc(F)cc21. The number of nitrogens with zero attached hydrogens (tertiary/aromatic N) is 1. The molecule has 0 radical (unpaired) electrons. The van der Waals surface area contributed by atoms with Crippen molar-refractivity contribution in [1.82, 2.24) is 0 Å². The molecule has 1 aromatic rings. The van der Waals surface area contributed by atoms with Crippen molar-refractivity contribution in [2.24, 2.45) is 0 Å². The minimum absolute atomic E-state index is 0.257. The summed E-state index contributed by atoms with van der Waals surface area (Å²) in [6.07, 6.45) is 0. The first-order chi connectivity index (χ1) is 8.45. The quantitative estimate of drug-likeness (QED) is 0.575. The molecule has 1 heterocycles. The van der Waals surface area contributed by atoms with Gasteiger partial charge in [-0.1, -0.05) is 0 Å². The van der Waals surface area contributed by atoms with E-state index >= 15 is 0 Å². The second kappa shape index (κ2) is 4.17. The number of methoxy groups -OCH3 is 1. The Morgan fingerprint density at radius 2 is 2.00 bits per heavy atom. The first-order valence-corrected chi connectivity index (χ1v) is 4.87. The largest absolute Gasteiger partial charge is 0.468 e. The second-order valence-corrected chi connectivity index (χ2v) is 3.58. The van der Waals surface area contributed by atoms with Crippen molar-refractivity contribution >= 4 is 23.3 Å². The fourth-order valence-corrected chi connectivity index (χ4v) is 1.69. The van der Waals surface area contributed by atoms with Crippen LogP contribution in [0.25, 0.3) is 0 Å². The Labute approximate surface area is 99.9 Å². The van der Waals surface area contributed by atoms with Crippen molar-refractivity contribution in [3.63, 3.8) is 0 Å². The van der Waals surface area contributed by atoms with Gasteiger partial charge in [0.05, 0.1) is 18.4 Å². The van der Waals surface area contributed by atoms with Crippen LogP contribution in [0, 0.1) is 11.6 Å². The fraction of sp³-hybridized carbons (Fsp3) is 0.182. The minimum Gasteiger partial charge on any atom is -0.468 e. The van der Waals surface area contributed by atoms with Crippen molar-refractivity contribution in [1.29, 1.82) is 0 Å². The van der Waals surface area contributed by atoms with E-state index in [4.69, 9.17) is 0 Å². The van der Waals surface area contributed by atoms with E-state index in [9.17, 15) is 23.2 Å². The third kappa shape index (κ3) is 1.73. The summed E-state index contributed by atoms with van der Waals surface area (Å²) >= 11 is 0. The highest BCUT2D eigenvalue weighted by Crippen LogP contribution is 2.31. The van der Waals surface area contributed by atoms with Crippen LogP contribution in [-0.4, -0.2) is 31.3 Å². The number of Topliss-reactive ketones (excluding diaryl/α,β-unsaturated/α-hetero) is 1. The molecule has 0 fully saturated rings. The first-order valence-electron chi connectivity index (χ1n) is 4.87. The zero-order chi connectivity index (χ0) is 13.4. The number of hydrogen-bond acceptors (Lipinski definition) is 4. The number of ketones is 1. The second-order valence-electron chi connectivity index (χ2n) is 3.58. The van der Waals surface area contributed by atoms with Gasteiger partial charge in [-0.15, -0.1) is 0 Å². The average Bonchev–Trinajstić information content (AvgIpc) is 2.54. The van der Waals surface area contributed by atoms with Crippen LogP contribution in [0.2, 0.25) is 0 Å². The van der Waals surface area contributed by atoms with E-state index in [1.807, 2.05) is 0 Å². The van der Waals surface area contributed by atoms with Crippen LogP contribution in [-0.2, 0) is 14.3 Å². The number of halogens is 2. The molecular weight excluding hydrogens is 248 g/mol. The predicted octanol–water partition coefficient (Wildman–Crippen LogP) is 0.667. The van der Waals surface area contributed by atoms with E-state index < -0.39 is 41.4 Å². The topological polar surface area (TPSA) is 63.7 Å². The Morgan fingerprint density at radius 1 is 1.33 bits per heavy atom. The molecule has 1 aliphatic heterocycles. The van der Waals surface area contributed by atoms with E-state index in [-0.39, 0.29) is 5.69 Å². The number of carbonyl (C=O) groups excluding carboxylic acids is 3. The number of fused-ring (bicyclic) bond motifs is 1. The van der Waals surface area contributed by atoms with Crippen molar-refractivity contribution in [2.45, 2.75) is 0 Å². The molecule has 0 aromatic heterocycles. The summed E-state index contributed by atoms with van der Waals surface area (Å²) in [6, 6.07) is 1.33. The lowest BCUT2D eigenvalue weighted by molar-refractivity contribution is -0.139. The predicted molar refractivity (Wildman–Crippen MR) is 55.1 cm³/mol. The van der Waals surface area contributed by atoms with Crippen LogP contribution in [0.1, 0.15) is 10.4 Å². The number of esters is 1. The average molecular weight is 255 g/mol. The fourth-order valence-electron chi connectivity index (χ4n) is 1.69. The van der Waals surface area contributed by atoms with Gasteiger partial charge in [0.2, 0.25) is 0 Å². The van der Waals surface area contributed by atoms with E-state index in [1.54, 1.807) is 0 Å². The van der Waals surface area contributed by atoms with Gasteiger partial charge in [-0.05, 0) is 6.07 Å². The van der Waals surface area contributed by atoms with Gasteiger partial charge in [0.15, 0.2) is 0 Å². The van der Waals surface area contributed by atoms with Crippen molar-refractivity contribution in [3.8, 4) is 0 Å². The van der Waals surface area contributed by atoms with Gasteiger partial charge < -0.3 is 4.74 Å². The van der Waals surface area contributed by atoms with Gasteiger partial charge in [-0.3, -0.25) is 19.3 Å². The van der Waals surface area contributed by atoms with Crippen molar-refractivity contribution < 1.29 is 27.9 Å². The highest BCUT2D eigenvalue weighted by atomic mass is 19.1. The number of benzene rings is 1. The molecule has 0 unspecified atom stereocenters. The molecule has 0 spiro atoms. The van der Waals surface area contributed by atoms with Crippen molar-refractivity contribution in [3.05, 3.63) is 29.3 Å². The number of anilines is 1. The van der Waals surface area contributed by atoms with Gasteiger partial charge in [0.1, 0.15) is 18.2 Å². The molecule has 0 saturated heterocycles.